The van der Waals surface area contributed by atoms with Crippen LogP contribution in [0, 0.1) is 19.3 Å². The van der Waals surface area contributed by atoms with Crippen LogP contribution in [0.1, 0.15) is 16.1 Å². The van der Waals surface area contributed by atoms with Crippen molar-refractivity contribution in [3.05, 3.63) is 23.4 Å². The molecule has 0 fully saturated rings. The fourth-order valence-corrected chi connectivity index (χ4v) is 1.17. The number of aromatic nitrogens is 1. The normalized spacial score (nSPS) is 9.40. The van der Waals surface area contributed by atoms with E-state index in [2.05, 4.69) is 10.9 Å². The highest BCUT2D eigenvalue weighted by molar-refractivity contribution is 5.86. The maximum atomic E-state index is 10.8. The Kier molecular flexibility index (Phi) is 3.29. The lowest BCUT2D eigenvalue weighted by Crippen LogP contribution is -2.19. The van der Waals surface area contributed by atoms with Gasteiger partial charge in [-0.25, -0.2) is 9.78 Å². The van der Waals surface area contributed by atoms with E-state index < -0.39 is 5.97 Å². The third kappa shape index (κ3) is 2.71. The first-order valence-electron chi connectivity index (χ1n) is 4.41. The van der Waals surface area contributed by atoms with Crippen molar-refractivity contribution < 1.29 is 9.90 Å². The number of aryl methyl sites for hydroxylation is 1. The fourth-order valence-electron chi connectivity index (χ4n) is 1.17. The molecule has 0 radical (unpaired) electrons. The van der Waals surface area contributed by atoms with Crippen molar-refractivity contribution in [3.8, 4) is 12.3 Å². The molecule has 15 heavy (non-hydrogen) atoms. The fraction of sp³-hybridized carbons (Fsp3) is 0.273. The van der Waals surface area contributed by atoms with Crippen LogP contribution >= 0.6 is 0 Å². The van der Waals surface area contributed by atoms with Gasteiger partial charge < -0.3 is 10.0 Å². The van der Waals surface area contributed by atoms with E-state index in [1.807, 2.05) is 6.92 Å². The summed E-state index contributed by atoms with van der Waals surface area (Å²) in [5, 5.41) is 8.82. The molecule has 0 saturated carbocycles. The van der Waals surface area contributed by atoms with Gasteiger partial charge in [0, 0.05) is 7.05 Å². The van der Waals surface area contributed by atoms with E-state index in [1.165, 1.54) is 6.07 Å². The Morgan fingerprint density at radius 1 is 1.67 bits per heavy atom. The number of rotatable bonds is 3. The number of carbonyl (C=O) groups is 1. The summed E-state index contributed by atoms with van der Waals surface area (Å²) in [6.45, 7) is 2.22. The number of aromatic carboxylic acids is 1. The van der Waals surface area contributed by atoms with Crippen LogP contribution in [0.2, 0.25) is 0 Å². The number of hydrogen-bond donors (Lipinski definition) is 1. The van der Waals surface area contributed by atoms with E-state index in [4.69, 9.17) is 11.5 Å². The zero-order valence-electron chi connectivity index (χ0n) is 8.69. The van der Waals surface area contributed by atoms with Crippen molar-refractivity contribution in [2.45, 2.75) is 6.92 Å². The van der Waals surface area contributed by atoms with Crippen molar-refractivity contribution in [1.82, 2.24) is 4.98 Å². The molecule has 0 unspecified atom stereocenters. The summed E-state index contributed by atoms with van der Waals surface area (Å²) >= 11 is 0. The van der Waals surface area contributed by atoms with Gasteiger partial charge in [0.25, 0.3) is 0 Å². The first-order chi connectivity index (χ1) is 7.04. The first-order valence-corrected chi connectivity index (χ1v) is 4.41. The second-order valence-corrected chi connectivity index (χ2v) is 3.25. The summed E-state index contributed by atoms with van der Waals surface area (Å²) < 4.78 is 0. The molecule has 0 spiro atoms. The molecule has 78 valence electrons. The molecule has 1 N–H and O–H groups in total. The molecule has 0 bridgehead atoms. The molecule has 4 heteroatoms. The zero-order valence-corrected chi connectivity index (χ0v) is 8.69. The van der Waals surface area contributed by atoms with Gasteiger partial charge in [-0.3, -0.25) is 0 Å². The summed E-state index contributed by atoms with van der Waals surface area (Å²) in [5.74, 6) is 2.01. The van der Waals surface area contributed by atoms with E-state index in [1.54, 1.807) is 18.0 Å². The molecule has 0 aliphatic carbocycles. The summed E-state index contributed by atoms with van der Waals surface area (Å²) in [5.41, 5.74) is 0.884. The molecule has 4 nitrogen and oxygen atoms in total. The number of carboxylic acid groups (broad SMARTS) is 1. The maximum Gasteiger partial charge on any atom is 0.354 e. The molecular formula is C11H12N2O2. The van der Waals surface area contributed by atoms with Crippen LogP contribution in [0.5, 0.6) is 0 Å². The number of terminal acetylenes is 1. The number of pyridine rings is 1. The lowest BCUT2D eigenvalue weighted by atomic mass is 10.2. The van der Waals surface area contributed by atoms with Crippen LogP contribution < -0.4 is 4.90 Å². The minimum atomic E-state index is -1.03. The Labute approximate surface area is 88.6 Å². The van der Waals surface area contributed by atoms with Gasteiger partial charge in [-0.2, -0.15) is 0 Å². The van der Waals surface area contributed by atoms with Gasteiger partial charge in [-0.15, -0.1) is 6.42 Å². The van der Waals surface area contributed by atoms with Crippen molar-refractivity contribution in [2.75, 3.05) is 18.5 Å². The highest BCUT2D eigenvalue weighted by atomic mass is 16.4. The van der Waals surface area contributed by atoms with Crippen LogP contribution in [0.3, 0.4) is 0 Å². The maximum absolute atomic E-state index is 10.8. The highest BCUT2D eigenvalue weighted by Gasteiger charge is 2.09. The Hall–Kier alpha value is -2.02. The molecule has 0 aliphatic heterocycles. The van der Waals surface area contributed by atoms with Crippen molar-refractivity contribution >= 4 is 11.8 Å². The molecule has 1 aromatic heterocycles. The third-order valence-electron chi connectivity index (χ3n) is 1.89. The number of anilines is 1. The van der Waals surface area contributed by atoms with Gasteiger partial charge in [0.2, 0.25) is 0 Å². The SMILES string of the molecule is C#CCN(C)c1cc(C)cc(C(=O)O)n1. The third-order valence-corrected chi connectivity index (χ3v) is 1.89. The van der Waals surface area contributed by atoms with Crippen LogP contribution in [-0.2, 0) is 0 Å². The smallest absolute Gasteiger partial charge is 0.354 e. The summed E-state index contributed by atoms with van der Waals surface area (Å²) in [6, 6.07) is 3.32. The predicted molar refractivity (Wildman–Crippen MR) is 58.0 cm³/mol. The molecule has 0 aliphatic rings. The average Bonchev–Trinajstić information content (AvgIpc) is 2.17. The zero-order chi connectivity index (χ0) is 11.4. The summed E-state index contributed by atoms with van der Waals surface area (Å²) in [7, 11) is 1.77. The topological polar surface area (TPSA) is 53.4 Å². The minimum absolute atomic E-state index is 0.0360. The molecule has 1 aromatic rings. The van der Waals surface area contributed by atoms with Crippen LogP contribution in [0.4, 0.5) is 5.82 Å². The second kappa shape index (κ2) is 4.47. The quantitative estimate of drug-likeness (QED) is 0.750. The van der Waals surface area contributed by atoms with Gasteiger partial charge in [0.1, 0.15) is 5.82 Å². The highest BCUT2D eigenvalue weighted by Crippen LogP contribution is 2.13. The lowest BCUT2D eigenvalue weighted by Gasteiger charge is -2.15. The summed E-state index contributed by atoms with van der Waals surface area (Å²) in [6.07, 6.45) is 5.17. The molecule has 1 heterocycles. The summed E-state index contributed by atoms with van der Waals surface area (Å²) in [4.78, 5) is 16.5. The van der Waals surface area contributed by atoms with Gasteiger partial charge in [-0.1, -0.05) is 5.92 Å². The number of carboxylic acids is 1. The monoisotopic (exact) mass is 204 g/mol. The van der Waals surface area contributed by atoms with E-state index in [0.29, 0.717) is 12.4 Å². The largest absolute Gasteiger partial charge is 0.477 e. The lowest BCUT2D eigenvalue weighted by molar-refractivity contribution is 0.0690. The van der Waals surface area contributed by atoms with Crippen molar-refractivity contribution in [1.29, 1.82) is 0 Å². The van der Waals surface area contributed by atoms with Crippen molar-refractivity contribution in [3.63, 3.8) is 0 Å². The Morgan fingerprint density at radius 3 is 2.87 bits per heavy atom. The van der Waals surface area contributed by atoms with Gasteiger partial charge in [0.15, 0.2) is 5.69 Å². The van der Waals surface area contributed by atoms with Crippen LogP contribution in [0.25, 0.3) is 0 Å². The Bertz CT molecular complexity index is 421. The number of hydrogen-bond acceptors (Lipinski definition) is 3. The van der Waals surface area contributed by atoms with E-state index in [-0.39, 0.29) is 5.69 Å². The standard InChI is InChI=1S/C11H12N2O2/c1-4-5-13(3)10-7-8(2)6-9(12-10)11(14)15/h1,6-7H,5H2,2-3H3,(H,14,15). The predicted octanol–water partition coefficient (Wildman–Crippen LogP) is 1.16. The molecule has 0 aromatic carbocycles. The Balaban J connectivity index is 3.09. The number of nitrogens with zero attached hydrogens (tertiary/aromatic N) is 2. The van der Waals surface area contributed by atoms with Crippen LogP contribution in [-0.4, -0.2) is 29.7 Å². The van der Waals surface area contributed by atoms with Crippen molar-refractivity contribution in [2.24, 2.45) is 0 Å². The molecule has 0 saturated heterocycles. The minimum Gasteiger partial charge on any atom is -0.477 e. The van der Waals surface area contributed by atoms with E-state index in [9.17, 15) is 4.79 Å². The van der Waals surface area contributed by atoms with Gasteiger partial charge >= 0.3 is 5.97 Å². The molecule has 0 amide bonds. The van der Waals surface area contributed by atoms with E-state index in [0.717, 1.165) is 5.56 Å². The average molecular weight is 204 g/mol. The molecular weight excluding hydrogens is 192 g/mol. The van der Waals surface area contributed by atoms with Gasteiger partial charge in [-0.05, 0) is 24.6 Å². The van der Waals surface area contributed by atoms with E-state index >= 15 is 0 Å². The second-order valence-electron chi connectivity index (χ2n) is 3.25. The Morgan fingerprint density at radius 2 is 2.33 bits per heavy atom. The van der Waals surface area contributed by atoms with Crippen LogP contribution in [0.15, 0.2) is 12.1 Å². The molecule has 1 rings (SSSR count). The molecule has 0 atom stereocenters. The van der Waals surface area contributed by atoms with Gasteiger partial charge in [0.05, 0.1) is 6.54 Å². The first kappa shape index (κ1) is 11.1.